The summed E-state index contributed by atoms with van der Waals surface area (Å²) in [5, 5.41) is 0. The molecule has 0 amide bonds. The second-order valence-corrected chi connectivity index (χ2v) is 2.59. The van der Waals surface area contributed by atoms with Gasteiger partial charge < -0.3 is 4.74 Å². The van der Waals surface area contributed by atoms with Crippen molar-refractivity contribution in [2.45, 2.75) is 12.0 Å². The Morgan fingerprint density at radius 1 is 1.60 bits per heavy atom. The Morgan fingerprint density at radius 3 is 2.70 bits per heavy atom. The summed E-state index contributed by atoms with van der Waals surface area (Å²) in [6.45, 7) is 0. The smallest absolute Gasteiger partial charge is 0.192 e. The van der Waals surface area contributed by atoms with Crippen molar-refractivity contribution in [2.75, 3.05) is 7.11 Å². The zero-order valence-electron chi connectivity index (χ0n) is 5.76. The van der Waals surface area contributed by atoms with Crippen molar-refractivity contribution in [1.29, 1.82) is 0 Å². The van der Waals surface area contributed by atoms with Gasteiger partial charge in [0, 0.05) is 13.5 Å². The van der Waals surface area contributed by atoms with Crippen LogP contribution in [0.1, 0.15) is 6.42 Å². The molecule has 1 atom stereocenters. The molecule has 0 aliphatic heterocycles. The van der Waals surface area contributed by atoms with Gasteiger partial charge in [0.1, 0.15) is 0 Å². The van der Waals surface area contributed by atoms with Gasteiger partial charge in [-0.15, -0.1) is 0 Å². The van der Waals surface area contributed by atoms with Crippen molar-refractivity contribution in [3.05, 3.63) is 23.8 Å². The van der Waals surface area contributed by atoms with Gasteiger partial charge in [-0.05, 0) is 11.6 Å². The lowest BCUT2D eigenvalue weighted by atomic mass is 9.81. The van der Waals surface area contributed by atoms with Crippen LogP contribution in [0.3, 0.4) is 0 Å². The zero-order chi connectivity index (χ0) is 7.19. The van der Waals surface area contributed by atoms with E-state index in [1.807, 2.05) is 12.2 Å². The van der Waals surface area contributed by atoms with Crippen LogP contribution in [0.5, 0.6) is 0 Å². The predicted octanol–water partition coefficient (Wildman–Crippen LogP) is 0.841. The molecule has 0 bridgehead atoms. The van der Waals surface area contributed by atoms with Gasteiger partial charge in [-0.25, -0.2) is 0 Å². The molecule has 0 aromatic carbocycles. The van der Waals surface area contributed by atoms with Crippen molar-refractivity contribution in [2.24, 2.45) is 0 Å². The Labute approximate surface area is 59.2 Å². The maximum absolute atomic E-state index is 11.1. The number of fused-ring (bicyclic) bond motifs is 1. The quantitative estimate of drug-likeness (QED) is 0.534. The summed E-state index contributed by atoms with van der Waals surface area (Å²) in [6.07, 6.45) is 6.17. The summed E-state index contributed by atoms with van der Waals surface area (Å²) in [5.41, 5.74) is 0.472. The van der Waals surface area contributed by atoms with Crippen molar-refractivity contribution in [1.82, 2.24) is 0 Å². The van der Waals surface area contributed by atoms with Gasteiger partial charge in [-0.2, -0.15) is 0 Å². The Balaban J connectivity index is 2.43. The van der Waals surface area contributed by atoms with Gasteiger partial charge in [0.15, 0.2) is 11.4 Å². The lowest BCUT2D eigenvalue weighted by Gasteiger charge is -2.33. The standard InChI is InChI=1S/C8H8O2/c1-10-8-5-4-6(8)2-3-7(8)9/h2-4H,5H2,1H3. The lowest BCUT2D eigenvalue weighted by Crippen LogP contribution is -2.42. The molecule has 2 aliphatic rings. The first-order valence-corrected chi connectivity index (χ1v) is 3.28. The summed E-state index contributed by atoms with van der Waals surface area (Å²) >= 11 is 0. The van der Waals surface area contributed by atoms with E-state index in [1.54, 1.807) is 13.2 Å². The summed E-state index contributed by atoms with van der Waals surface area (Å²) < 4.78 is 5.13. The SMILES string of the molecule is COC12CC=C1C=CC2=O. The second-order valence-electron chi connectivity index (χ2n) is 2.59. The van der Waals surface area contributed by atoms with Crippen molar-refractivity contribution in [3.63, 3.8) is 0 Å². The third kappa shape index (κ3) is 0.421. The van der Waals surface area contributed by atoms with Crippen LogP contribution >= 0.6 is 0 Å². The summed E-state index contributed by atoms with van der Waals surface area (Å²) in [7, 11) is 1.58. The van der Waals surface area contributed by atoms with Gasteiger partial charge in [0.25, 0.3) is 0 Å². The van der Waals surface area contributed by atoms with E-state index in [4.69, 9.17) is 4.74 Å². The Bertz CT molecular complexity index is 250. The average Bonchev–Trinajstić information content (AvgIpc) is 2.06. The highest BCUT2D eigenvalue weighted by atomic mass is 16.5. The molecular formula is C8H8O2. The predicted molar refractivity (Wildman–Crippen MR) is 36.6 cm³/mol. The molecule has 2 nitrogen and oxygen atoms in total. The molecule has 1 unspecified atom stereocenters. The van der Waals surface area contributed by atoms with Gasteiger partial charge in [-0.3, -0.25) is 4.79 Å². The number of methoxy groups -OCH3 is 1. The number of hydrogen-bond acceptors (Lipinski definition) is 2. The molecule has 2 rings (SSSR count). The van der Waals surface area contributed by atoms with Crippen LogP contribution in [0.25, 0.3) is 0 Å². The molecule has 52 valence electrons. The van der Waals surface area contributed by atoms with Crippen molar-refractivity contribution >= 4 is 5.78 Å². The van der Waals surface area contributed by atoms with Gasteiger partial charge in [0.05, 0.1) is 0 Å². The van der Waals surface area contributed by atoms with Gasteiger partial charge in [-0.1, -0.05) is 12.2 Å². The van der Waals surface area contributed by atoms with E-state index >= 15 is 0 Å². The minimum Gasteiger partial charge on any atom is -0.365 e. The fraction of sp³-hybridized carbons (Fsp3) is 0.375. The molecular weight excluding hydrogens is 128 g/mol. The minimum absolute atomic E-state index is 0.0903. The van der Waals surface area contributed by atoms with E-state index < -0.39 is 5.60 Å². The Morgan fingerprint density at radius 2 is 2.40 bits per heavy atom. The molecule has 2 aliphatic carbocycles. The number of carbonyl (C=O) groups is 1. The van der Waals surface area contributed by atoms with Crippen LogP contribution < -0.4 is 0 Å². The third-order valence-corrected chi connectivity index (χ3v) is 2.24. The van der Waals surface area contributed by atoms with Crippen molar-refractivity contribution in [3.8, 4) is 0 Å². The second kappa shape index (κ2) is 1.58. The van der Waals surface area contributed by atoms with Crippen molar-refractivity contribution < 1.29 is 9.53 Å². The average molecular weight is 136 g/mol. The Kier molecular flexibility index (Phi) is 0.926. The molecule has 0 saturated heterocycles. The molecule has 0 spiro atoms. The number of ketones is 1. The molecule has 0 aromatic rings. The Hall–Kier alpha value is -0.890. The lowest BCUT2D eigenvalue weighted by molar-refractivity contribution is -0.131. The molecule has 0 saturated carbocycles. The van der Waals surface area contributed by atoms with Crippen LogP contribution in [0.2, 0.25) is 0 Å². The monoisotopic (exact) mass is 136 g/mol. The van der Waals surface area contributed by atoms with E-state index in [9.17, 15) is 4.79 Å². The normalized spacial score (nSPS) is 35.3. The first kappa shape index (κ1) is 5.86. The highest BCUT2D eigenvalue weighted by Gasteiger charge is 2.47. The fourth-order valence-corrected chi connectivity index (χ4v) is 1.45. The van der Waals surface area contributed by atoms with E-state index in [0.29, 0.717) is 0 Å². The van der Waals surface area contributed by atoms with E-state index in [2.05, 4.69) is 0 Å². The summed E-state index contributed by atoms with van der Waals surface area (Å²) in [4.78, 5) is 11.1. The number of hydrogen-bond donors (Lipinski definition) is 0. The van der Waals surface area contributed by atoms with E-state index in [1.165, 1.54) is 0 Å². The number of rotatable bonds is 1. The number of carbonyl (C=O) groups excluding carboxylic acids is 1. The van der Waals surface area contributed by atoms with E-state index in [0.717, 1.165) is 12.0 Å². The summed E-state index contributed by atoms with van der Waals surface area (Å²) in [6, 6.07) is 0. The van der Waals surface area contributed by atoms with Gasteiger partial charge in [0.2, 0.25) is 0 Å². The molecule has 10 heavy (non-hydrogen) atoms. The maximum atomic E-state index is 11.1. The summed E-state index contributed by atoms with van der Waals surface area (Å²) in [5.74, 6) is 0.0903. The number of ether oxygens (including phenoxy) is 1. The first-order chi connectivity index (χ1) is 4.79. The maximum Gasteiger partial charge on any atom is 0.192 e. The highest BCUT2D eigenvalue weighted by molar-refractivity contribution is 6.05. The largest absolute Gasteiger partial charge is 0.365 e. The van der Waals surface area contributed by atoms with Crippen LogP contribution in [-0.4, -0.2) is 18.5 Å². The fourth-order valence-electron chi connectivity index (χ4n) is 1.45. The van der Waals surface area contributed by atoms with Crippen LogP contribution in [0.15, 0.2) is 23.8 Å². The topological polar surface area (TPSA) is 26.3 Å². The van der Waals surface area contributed by atoms with E-state index in [-0.39, 0.29) is 5.78 Å². The molecule has 0 radical (unpaired) electrons. The van der Waals surface area contributed by atoms with Crippen LogP contribution in [-0.2, 0) is 9.53 Å². The molecule has 2 heteroatoms. The van der Waals surface area contributed by atoms with Crippen LogP contribution in [0.4, 0.5) is 0 Å². The van der Waals surface area contributed by atoms with Gasteiger partial charge >= 0.3 is 0 Å². The molecule has 0 aromatic heterocycles. The van der Waals surface area contributed by atoms with Crippen LogP contribution in [0, 0.1) is 0 Å². The zero-order valence-corrected chi connectivity index (χ0v) is 5.76. The molecule has 0 heterocycles. The highest BCUT2D eigenvalue weighted by Crippen LogP contribution is 2.41. The minimum atomic E-state index is -0.556. The first-order valence-electron chi connectivity index (χ1n) is 3.28. The molecule has 0 fully saturated rings. The molecule has 0 N–H and O–H groups in total. The third-order valence-electron chi connectivity index (χ3n) is 2.24.